The Kier molecular flexibility index (Phi) is 3.40. The quantitative estimate of drug-likeness (QED) is 0.701. The van der Waals surface area contributed by atoms with Crippen molar-refractivity contribution < 1.29 is 9.90 Å². The molecule has 2 N–H and O–H groups in total. The van der Waals surface area contributed by atoms with Crippen LogP contribution in [0.2, 0.25) is 0 Å². The Balaban J connectivity index is 2.59. The fourth-order valence-electron chi connectivity index (χ4n) is 0.993. The van der Waals surface area contributed by atoms with Crippen molar-refractivity contribution >= 4 is 5.91 Å². The fourth-order valence-corrected chi connectivity index (χ4v) is 0.993. The van der Waals surface area contributed by atoms with Crippen molar-refractivity contribution in [1.29, 1.82) is 0 Å². The van der Waals surface area contributed by atoms with Gasteiger partial charge in [0.1, 0.15) is 6.61 Å². The zero-order valence-corrected chi connectivity index (χ0v) is 7.40. The molecule has 4 nitrogen and oxygen atoms in total. The highest BCUT2D eigenvalue weighted by Gasteiger charge is 2.08. The van der Waals surface area contributed by atoms with Gasteiger partial charge in [0.15, 0.2) is 0 Å². The summed E-state index contributed by atoms with van der Waals surface area (Å²) in [6.07, 6.45) is 1.66. The third-order valence-corrected chi connectivity index (χ3v) is 1.65. The van der Waals surface area contributed by atoms with Crippen LogP contribution in [-0.4, -0.2) is 22.6 Å². The van der Waals surface area contributed by atoms with Crippen molar-refractivity contribution in [3.05, 3.63) is 30.1 Å². The molecular weight excluding hydrogens is 168 g/mol. The van der Waals surface area contributed by atoms with Crippen LogP contribution >= 0.6 is 0 Å². The molecule has 0 aliphatic rings. The number of nitrogens with one attached hydrogen (secondary N) is 1. The van der Waals surface area contributed by atoms with Gasteiger partial charge >= 0.3 is 0 Å². The second-order valence-electron chi connectivity index (χ2n) is 2.70. The maximum atomic E-state index is 10.8. The largest absolute Gasteiger partial charge is 0.387 e. The molecule has 70 valence electrons. The molecule has 0 aromatic carbocycles. The van der Waals surface area contributed by atoms with Gasteiger partial charge in [-0.2, -0.15) is 0 Å². The summed E-state index contributed by atoms with van der Waals surface area (Å²) in [7, 11) is 0. The number of pyridine rings is 1. The molecule has 1 rings (SSSR count). The lowest BCUT2D eigenvalue weighted by molar-refractivity contribution is -0.124. The summed E-state index contributed by atoms with van der Waals surface area (Å²) in [4.78, 5) is 14.9. The number of hydrogen-bond acceptors (Lipinski definition) is 3. The summed E-state index contributed by atoms with van der Waals surface area (Å²) in [5.41, 5.74) is 0.782. The minimum Gasteiger partial charge on any atom is -0.387 e. The molecule has 4 heteroatoms. The molecule has 0 saturated carbocycles. The number of rotatable bonds is 3. The van der Waals surface area contributed by atoms with E-state index in [2.05, 4.69) is 10.3 Å². The Labute approximate surface area is 76.6 Å². The zero-order chi connectivity index (χ0) is 9.68. The molecular formula is C9H12N2O2. The molecule has 1 aromatic rings. The first-order valence-electron chi connectivity index (χ1n) is 4.05. The predicted octanol–water partition coefficient (Wildman–Crippen LogP) is 0.251. The predicted molar refractivity (Wildman–Crippen MR) is 47.9 cm³/mol. The Morgan fingerprint density at radius 3 is 3.00 bits per heavy atom. The fraction of sp³-hybridized carbons (Fsp3) is 0.333. The number of nitrogens with zero attached hydrogens (tertiary/aromatic N) is 1. The maximum Gasteiger partial charge on any atom is 0.246 e. The average molecular weight is 180 g/mol. The summed E-state index contributed by atoms with van der Waals surface area (Å²) < 4.78 is 0. The lowest BCUT2D eigenvalue weighted by Crippen LogP contribution is -2.29. The van der Waals surface area contributed by atoms with Gasteiger partial charge in [0, 0.05) is 6.20 Å². The maximum absolute atomic E-state index is 10.8. The normalized spacial score (nSPS) is 12.2. The first-order chi connectivity index (χ1) is 6.24. The highest BCUT2D eigenvalue weighted by molar-refractivity contribution is 5.77. The van der Waals surface area contributed by atoms with E-state index in [0.717, 1.165) is 5.69 Å². The molecule has 1 heterocycles. The Morgan fingerprint density at radius 2 is 2.46 bits per heavy atom. The van der Waals surface area contributed by atoms with Crippen LogP contribution in [0.25, 0.3) is 0 Å². The summed E-state index contributed by atoms with van der Waals surface area (Å²) in [6.45, 7) is 1.33. The summed E-state index contributed by atoms with van der Waals surface area (Å²) >= 11 is 0. The first-order valence-corrected chi connectivity index (χ1v) is 4.05. The number of aliphatic hydroxyl groups excluding tert-OH is 1. The lowest BCUT2D eigenvalue weighted by Gasteiger charge is -2.11. The van der Waals surface area contributed by atoms with Crippen LogP contribution < -0.4 is 5.32 Å². The number of aromatic nitrogens is 1. The number of hydrogen-bond donors (Lipinski definition) is 2. The van der Waals surface area contributed by atoms with E-state index in [9.17, 15) is 4.79 Å². The van der Waals surface area contributed by atoms with Gasteiger partial charge in [-0.15, -0.1) is 0 Å². The van der Waals surface area contributed by atoms with Crippen molar-refractivity contribution in [3.8, 4) is 0 Å². The van der Waals surface area contributed by atoms with E-state index in [0.29, 0.717) is 0 Å². The van der Waals surface area contributed by atoms with Crippen LogP contribution in [0.15, 0.2) is 24.4 Å². The van der Waals surface area contributed by atoms with E-state index in [-0.39, 0.29) is 6.04 Å². The van der Waals surface area contributed by atoms with Crippen molar-refractivity contribution in [2.75, 3.05) is 6.61 Å². The van der Waals surface area contributed by atoms with Gasteiger partial charge in [0.25, 0.3) is 0 Å². The van der Waals surface area contributed by atoms with Gasteiger partial charge in [-0.25, -0.2) is 0 Å². The second kappa shape index (κ2) is 4.57. The highest BCUT2D eigenvalue weighted by atomic mass is 16.3. The Bertz CT molecular complexity index is 274. The first kappa shape index (κ1) is 9.67. The standard InChI is InChI=1S/C9H12N2O2/c1-7(11-9(13)6-12)8-4-2-3-5-10-8/h2-5,7,12H,6H2,1H3,(H,11,13)/t7-/m1/s1. The van der Waals surface area contributed by atoms with Crippen LogP contribution in [0, 0.1) is 0 Å². The van der Waals surface area contributed by atoms with Gasteiger partial charge in [0.2, 0.25) is 5.91 Å². The molecule has 0 radical (unpaired) electrons. The van der Waals surface area contributed by atoms with Crippen molar-refractivity contribution in [1.82, 2.24) is 10.3 Å². The van der Waals surface area contributed by atoms with E-state index in [4.69, 9.17) is 5.11 Å². The van der Waals surface area contributed by atoms with E-state index >= 15 is 0 Å². The van der Waals surface area contributed by atoms with Crippen molar-refractivity contribution in [2.45, 2.75) is 13.0 Å². The van der Waals surface area contributed by atoms with Gasteiger partial charge < -0.3 is 10.4 Å². The van der Waals surface area contributed by atoms with Crippen LogP contribution in [0.3, 0.4) is 0 Å². The average Bonchev–Trinajstić information content (AvgIpc) is 2.19. The van der Waals surface area contributed by atoms with E-state index in [1.807, 2.05) is 25.1 Å². The molecule has 0 unspecified atom stereocenters. The molecule has 0 spiro atoms. The van der Waals surface area contributed by atoms with E-state index in [1.165, 1.54) is 0 Å². The molecule has 0 bridgehead atoms. The lowest BCUT2D eigenvalue weighted by atomic mass is 10.2. The Hall–Kier alpha value is -1.42. The second-order valence-corrected chi connectivity index (χ2v) is 2.70. The summed E-state index contributed by atoms with van der Waals surface area (Å²) in [6, 6.07) is 5.32. The van der Waals surface area contributed by atoms with E-state index < -0.39 is 12.5 Å². The van der Waals surface area contributed by atoms with Crippen molar-refractivity contribution in [2.24, 2.45) is 0 Å². The third kappa shape index (κ3) is 2.83. The molecule has 1 atom stereocenters. The molecule has 0 aliphatic carbocycles. The SMILES string of the molecule is C[C@@H](NC(=O)CO)c1ccccn1. The minimum atomic E-state index is -0.489. The zero-order valence-electron chi connectivity index (χ0n) is 7.40. The van der Waals surface area contributed by atoms with E-state index in [1.54, 1.807) is 6.20 Å². The summed E-state index contributed by atoms with van der Waals surface area (Å²) in [5, 5.41) is 11.1. The van der Waals surface area contributed by atoms with Crippen LogP contribution in [0.4, 0.5) is 0 Å². The van der Waals surface area contributed by atoms with Gasteiger partial charge in [0.05, 0.1) is 11.7 Å². The molecule has 0 aliphatic heterocycles. The minimum absolute atomic E-state index is 0.166. The number of carbonyl (C=O) groups is 1. The molecule has 1 aromatic heterocycles. The molecule has 0 saturated heterocycles. The number of aliphatic hydroxyl groups is 1. The third-order valence-electron chi connectivity index (χ3n) is 1.65. The molecule has 1 amide bonds. The van der Waals surface area contributed by atoms with Crippen LogP contribution in [0.5, 0.6) is 0 Å². The Morgan fingerprint density at radius 1 is 1.69 bits per heavy atom. The molecule has 0 fully saturated rings. The van der Waals surface area contributed by atoms with Gasteiger partial charge in [-0.1, -0.05) is 6.07 Å². The smallest absolute Gasteiger partial charge is 0.246 e. The number of carbonyl (C=O) groups excluding carboxylic acids is 1. The van der Waals surface area contributed by atoms with Gasteiger partial charge in [-0.3, -0.25) is 9.78 Å². The topological polar surface area (TPSA) is 62.2 Å². The molecule has 13 heavy (non-hydrogen) atoms. The van der Waals surface area contributed by atoms with Crippen molar-refractivity contribution in [3.63, 3.8) is 0 Å². The van der Waals surface area contributed by atoms with Gasteiger partial charge in [-0.05, 0) is 19.1 Å². The van der Waals surface area contributed by atoms with Crippen LogP contribution in [0.1, 0.15) is 18.7 Å². The van der Waals surface area contributed by atoms with Crippen LogP contribution in [-0.2, 0) is 4.79 Å². The number of amides is 1. The summed E-state index contributed by atoms with van der Waals surface area (Å²) in [5.74, 6) is -0.391. The highest BCUT2D eigenvalue weighted by Crippen LogP contribution is 2.06. The monoisotopic (exact) mass is 180 g/mol.